The molecule has 18 heavy (non-hydrogen) atoms. The van der Waals surface area contributed by atoms with Crippen molar-refractivity contribution in [1.29, 1.82) is 0 Å². The lowest BCUT2D eigenvalue weighted by molar-refractivity contribution is 0.155. The minimum absolute atomic E-state index is 0.337. The van der Waals surface area contributed by atoms with E-state index in [2.05, 4.69) is 39.0 Å². The molecule has 2 aliphatic heterocycles. The maximum absolute atomic E-state index is 11.0. The zero-order valence-corrected chi connectivity index (χ0v) is 11.6. The van der Waals surface area contributed by atoms with Gasteiger partial charge < -0.3 is 14.9 Å². The molecule has 0 radical (unpaired) electrons. The molecule has 2 aliphatic rings. The molecular weight excluding hydrogens is 296 g/mol. The molecule has 0 aromatic heterocycles. The fourth-order valence-electron chi connectivity index (χ4n) is 2.95. The van der Waals surface area contributed by atoms with E-state index in [0.717, 1.165) is 23.9 Å². The molecule has 4 nitrogen and oxygen atoms in total. The molecule has 1 fully saturated rings. The van der Waals surface area contributed by atoms with Crippen molar-refractivity contribution in [3.8, 4) is 0 Å². The number of halogens is 1. The average Bonchev–Trinajstić information content (AvgIpc) is 2.92. The number of benzene rings is 1. The van der Waals surface area contributed by atoms with Gasteiger partial charge in [-0.25, -0.2) is 4.79 Å². The van der Waals surface area contributed by atoms with Gasteiger partial charge >= 0.3 is 6.09 Å². The number of carboxylic acid groups (broad SMARTS) is 1. The Balaban J connectivity index is 1.79. The van der Waals surface area contributed by atoms with E-state index in [-0.39, 0.29) is 0 Å². The van der Waals surface area contributed by atoms with Crippen LogP contribution in [0.15, 0.2) is 22.7 Å². The van der Waals surface area contributed by atoms with Gasteiger partial charge in [-0.05, 0) is 36.6 Å². The predicted octanol–water partition coefficient (Wildman–Crippen LogP) is 2.56. The van der Waals surface area contributed by atoms with E-state index < -0.39 is 6.09 Å². The van der Waals surface area contributed by atoms with E-state index in [9.17, 15) is 4.79 Å². The van der Waals surface area contributed by atoms with Gasteiger partial charge in [0.25, 0.3) is 0 Å². The van der Waals surface area contributed by atoms with Gasteiger partial charge in [0.2, 0.25) is 0 Å². The Hall–Kier alpha value is -1.23. The van der Waals surface area contributed by atoms with Gasteiger partial charge in [0.1, 0.15) is 0 Å². The quantitative estimate of drug-likeness (QED) is 0.867. The van der Waals surface area contributed by atoms with Crippen molar-refractivity contribution in [3.05, 3.63) is 28.2 Å². The maximum atomic E-state index is 11.0. The first-order chi connectivity index (χ1) is 8.65. The van der Waals surface area contributed by atoms with Gasteiger partial charge in [-0.2, -0.15) is 0 Å². The molecule has 96 valence electrons. The SMILES string of the molecule is O=C(O)N1CCC(N2CCc3cc(Br)ccc32)C1. The average molecular weight is 311 g/mol. The van der Waals surface area contributed by atoms with E-state index in [1.54, 1.807) is 0 Å². The van der Waals surface area contributed by atoms with Crippen LogP contribution in [0.3, 0.4) is 0 Å². The molecule has 1 saturated heterocycles. The summed E-state index contributed by atoms with van der Waals surface area (Å²) in [5.74, 6) is 0. The molecule has 3 rings (SSSR count). The Morgan fingerprint density at radius 2 is 2.22 bits per heavy atom. The Morgan fingerprint density at radius 3 is 2.94 bits per heavy atom. The molecule has 5 heteroatoms. The topological polar surface area (TPSA) is 43.8 Å². The van der Waals surface area contributed by atoms with Crippen LogP contribution in [0.1, 0.15) is 12.0 Å². The first-order valence-corrected chi connectivity index (χ1v) is 6.97. The van der Waals surface area contributed by atoms with E-state index in [1.165, 1.54) is 16.2 Å². The minimum Gasteiger partial charge on any atom is -0.465 e. The third-order valence-electron chi connectivity index (χ3n) is 3.85. The summed E-state index contributed by atoms with van der Waals surface area (Å²) in [5.41, 5.74) is 2.63. The largest absolute Gasteiger partial charge is 0.465 e. The Labute approximate surface area is 114 Å². The van der Waals surface area contributed by atoms with Crippen LogP contribution in [0.5, 0.6) is 0 Å². The van der Waals surface area contributed by atoms with Crippen LogP contribution in [-0.2, 0) is 6.42 Å². The van der Waals surface area contributed by atoms with Crippen molar-refractivity contribution >= 4 is 27.7 Å². The lowest BCUT2D eigenvalue weighted by Gasteiger charge is -2.26. The van der Waals surface area contributed by atoms with Gasteiger partial charge in [0, 0.05) is 35.8 Å². The van der Waals surface area contributed by atoms with Gasteiger partial charge in [0.15, 0.2) is 0 Å². The number of rotatable bonds is 1. The first kappa shape index (κ1) is 11.8. The van der Waals surface area contributed by atoms with Crippen molar-refractivity contribution in [2.75, 3.05) is 24.5 Å². The Kier molecular flexibility index (Phi) is 2.93. The first-order valence-electron chi connectivity index (χ1n) is 6.18. The van der Waals surface area contributed by atoms with Crippen LogP contribution in [-0.4, -0.2) is 41.8 Å². The molecule has 0 bridgehead atoms. The number of likely N-dealkylation sites (tertiary alicyclic amines) is 1. The van der Waals surface area contributed by atoms with Crippen molar-refractivity contribution in [3.63, 3.8) is 0 Å². The lowest BCUT2D eigenvalue weighted by atomic mass is 10.1. The van der Waals surface area contributed by atoms with Crippen molar-refractivity contribution in [1.82, 2.24) is 4.90 Å². The van der Waals surface area contributed by atoms with Crippen molar-refractivity contribution < 1.29 is 9.90 Å². The Morgan fingerprint density at radius 1 is 1.39 bits per heavy atom. The molecular formula is C13H15BrN2O2. The van der Waals surface area contributed by atoms with Gasteiger partial charge in [-0.1, -0.05) is 15.9 Å². The lowest BCUT2D eigenvalue weighted by Crippen LogP contribution is -2.37. The number of nitrogens with zero attached hydrogens (tertiary/aromatic N) is 2. The molecule has 1 amide bonds. The summed E-state index contributed by atoms with van der Waals surface area (Å²) in [6.07, 6.45) is 1.19. The molecule has 0 saturated carbocycles. The van der Waals surface area contributed by atoms with Gasteiger partial charge in [-0.15, -0.1) is 0 Å². The van der Waals surface area contributed by atoms with E-state index in [1.807, 2.05) is 0 Å². The molecule has 2 heterocycles. The zero-order valence-electron chi connectivity index (χ0n) is 9.97. The molecule has 1 aromatic carbocycles. The summed E-state index contributed by atoms with van der Waals surface area (Å²) >= 11 is 3.49. The molecule has 1 N–H and O–H groups in total. The number of carbonyl (C=O) groups is 1. The summed E-state index contributed by atoms with van der Waals surface area (Å²) in [5, 5.41) is 9.01. The second kappa shape index (κ2) is 4.46. The Bertz CT molecular complexity index is 492. The zero-order chi connectivity index (χ0) is 12.7. The maximum Gasteiger partial charge on any atom is 0.407 e. The molecule has 0 spiro atoms. The van der Waals surface area contributed by atoms with Crippen LogP contribution in [0.4, 0.5) is 10.5 Å². The summed E-state index contributed by atoms with van der Waals surface area (Å²) in [6, 6.07) is 6.69. The highest BCUT2D eigenvalue weighted by molar-refractivity contribution is 9.10. The second-order valence-electron chi connectivity index (χ2n) is 4.89. The molecule has 1 atom stereocenters. The normalized spacial score (nSPS) is 22.4. The summed E-state index contributed by atoms with van der Waals surface area (Å²) in [6.45, 7) is 2.29. The van der Waals surface area contributed by atoms with Crippen LogP contribution in [0.25, 0.3) is 0 Å². The monoisotopic (exact) mass is 310 g/mol. The van der Waals surface area contributed by atoms with E-state index >= 15 is 0 Å². The fraction of sp³-hybridized carbons (Fsp3) is 0.462. The smallest absolute Gasteiger partial charge is 0.407 e. The van der Waals surface area contributed by atoms with Gasteiger partial charge in [0.05, 0.1) is 0 Å². The van der Waals surface area contributed by atoms with Gasteiger partial charge in [-0.3, -0.25) is 0 Å². The predicted molar refractivity (Wildman–Crippen MR) is 73.2 cm³/mol. The fourth-order valence-corrected chi connectivity index (χ4v) is 3.35. The highest BCUT2D eigenvalue weighted by Crippen LogP contribution is 2.34. The standard InChI is InChI=1S/C13H15BrN2O2/c14-10-1-2-12-9(7-10)3-6-16(12)11-4-5-15(8-11)13(17)18/h1-2,7,11H,3-6,8H2,(H,17,18). The van der Waals surface area contributed by atoms with E-state index in [0.29, 0.717) is 19.1 Å². The molecule has 1 aromatic rings. The summed E-state index contributed by atoms with van der Waals surface area (Å²) < 4.78 is 1.11. The van der Waals surface area contributed by atoms with Crippen LogP contribution >= 0.6 is 15.9 Å². The number of hydrogen-bond donors (Lipinski definition) is 1. The molecule has 1 unspecified atom stereocenters. The van der Waals surface area contributed by atoms with E-state index in [4.69, 9.17) is 5.11 Å². The highest BCUT2D eigenvalue weighted by atomic mass is 79.9. The third kappa shape index (κ3) is 1.96. The van der Waals surface area contributed by atoms with Crippen molar-refractivity contribution in [2.45, 2.75) is 18.9 Å². The third-order valence-corrected chi connectivity index (χ3v) is 4.34. The van der Waals surface area contributed by atoms with Crippen LogP contribution < -0.4 is 4.90 Å². The summed E-state index contributed by atoms with van der Waals surface area (Å²) in [4.78, 5) is 14.8. The van der Waals surface area contributed by atoms with Crippen LogP contribution in [0.2, 0.25) is 0 Å². The minimum atomic E-state index is -0.798. The summed E-state index contributed by atoms with van der Waals surface area (Å²) in [7, 11) is 0. The molecule has 0 aliphatic carbocycles. The van der Waals surface area contributed by atoms with Crippen molar-refractivity contribution in [2.24, 2.45) is 0 Å². The number of anilines is 1. The van der Waals surface area contributed by atoms with Crippen LogP contribution in [0, 0.1) is 0 Å². The number of fused-ring (bicyclic) bond motifs is 1. The second-order valence-corrected chi connectivity index (χ2v) is 5.80. The highest BCUT2D eigenvalue weighted by Gasteiger charge is 2.33. The number of hydrogen-bond acceptors (Lipinski definition) is 2. The number of amides is 1.